The van der Waals surface area contributed by atoms with E-state index in [1.165, 1.54) is 4.90 Å². The molecular weight excluding hydrogens is 444 g/mol. The summed E-state index contributed by atoms with van der Waals surface area (Å²) in [6, 6.07) is 20.1. The van der Waals surface area contributed by atoms with E-state index in [0.29, 0.717) is 11.1 Å². The van der Waals surface area contributed by atoms with Gasteiger partial charge in [-0.05, 0) is 49.1 Å². The topological polar surface area (TPSA) is 118 Å². The Bertz CT molecular complexity index is 1330. The van der Waals surface area contributed by atoms with Gasteiger partial charge in [0.15, 0.2) is 5.78 Å². The van der Waals surface area contributed by atoms with Gasteiger partial charge in [0.25, 0.3) is 5.91 Å². The van der Waals surface area contributed by atoms with Crippen LogP contribution in [0.1, 0.15) is 58.5 Å². The second-order valence-corrected chi connectivity index (χ2v) is 9.09. The standard InChI is InChI=1S/C28H26N2O5/c1-28(2,18-8-4-3-5-9-18)30(23(26(29)34)14-15-24(31)32)27(35)17-12-13-20-19-10-6-7-11-21(19)25(33)22(20)16-17/h3-13,16,23H,14-15H2,1-2H3,(H2,29,34)(H,31,32)/t23-/m0/s1. The zero-order valence-electron chi connectivity index (χ0n) is 19.5. The van der Waals surface area contributed by atoms with Crippen LogP contribution in [0.4, 0.5) is 0 Å². The molecule has 35 heavy (non-hydrogen) atoms. The van der Waals surface area contributed by atoms with Gasteiger partial charge in [-0.2, -0.15) is 0 Å². The molecule has 3 N–H and O–H groups in total. The number of carbonyl (C=O) groups excluding carboxylic acids is 3. The fourth-order valence-corrected chi connectivity index (χ4v) is 4.73. The summed E-state index contributed by atoms with van der Waals surface area (Å²) < 4.78 is 0. The molecule has 0 radical (unpaired) electrons. The molecule has 0 fully saturated rings. The summed E-state index contributed by atoms with van der Waals surface area (Å²) in [6.45, 7) is 3.57. The first-order valence-electron chi connectivity index (χ1n) is 11.3. The highest BCUT2D eigenvalue weighted by Gasteiger charge is 2.41. The highest BCUT2D eigenvalue weighted by molar-refractivity contribution is 6.22. The number of carboxylic acid groups (broad SMARTS) is 1. The predicted molar refractivity (Wildman–Crippen MR) is 131 cm³/mol. The number of nitrogens with zero attached hydrogens (tertiary/aromatic N) is 1. The van der Waals surface area contributed by atoms with E-state index in [1.807, 2.05) is 42.5 Å². The number of carbonyl (C=O) groups is 4. The minimum Gasteiger partial charge on any atom is -0.481 e. The Kier molecular flexibility index (Phi) is 6.26. The molecule has 0 heterocycles. The molecule has 0 aliphatic heterocycles. The number of benzene rings is 3. The minimum atomic E-state index is -1.17. The molecular formula is C28H26N2O5. The van der Waals surface area contributed by atoms with Gasteiger partial charge >= 0.3 is 5.97 Å². The molecule has 1 atom stereocenters. The van der Waals surface area contributed by atoms with Crippen LogP contribution in [0.3, 0.4) is 0 Å². The van der Waals surface area contributed by atoms with Gasteiger partial charge in [0.1, 0.15) is 6.04 Å². The van der Waals surface area contributed by atoms with Crippen LogP contribution in [0.5, 0.6) is 0 Å². The van der Waals surface area contributed by atoms with Gasteiger partial charge in [0.05, 0.1) is 5.54 Å². The van der Waals surface area contributed by atoms with E-state index in [4.69, 9.17) is 5.73 Å². The number of rotatable bonds is 8. The maximum absolute atomic E-state index is 14.0. The van der Waals surface area contributed by atoms with E-state index in [-0.39, 0.29) is 24.2 Å². The molecule has 1 aliphatic rings. The first-order chi connectivity index (χ1) is 16.6. The summed E-state index contributed by atoms with van der Waals surface area (Å²) >= 11 is 0. The lowest BCUT2D eigenvalue weighted by atomic mass is 9.88. The van der Waals surface area contributed by atoms with Crippen LogP contribution in [0, 0.1) is 0 Å². The molecule has 3 aromatic rings. The number of aliphatic carboxylic acids is 1. The van der Waals surface area contributed by atoms with Crippen molar-refractivity contribution in [2.24, 2.45) is 5.73 Å². The van der Waals surface area contributed by atoms with Crippen molar-refractivity contribution >= 4 is 23.6 Å². The Balaban J connectivity index is 1.81. The molecule has 0 saturated carbocycles. The number of amides is 2. The average Bonchev–Trinajstić information content (AvgIpc) is 3.13. The molecule has 0 bridgehead atoms. The molecule has 3 aromatic carbocycles. The summed E-state index contributed by atoms with van der Waals surface area (Å²) in [7, 11) is 0. The Morgan fingerprint density at radius 1 is 0.886 bits per heavy atom. The number of nitrogens with two attached hydrogens (primary N) is 1. The Labute approximate surface area is 203 Å². The van der Waals surface area contributed by atoms with Crippen LogP contribution in [0.2, 0.25) is 0 Å². The van der Waals surface area contributed by atoms with Gasteiger partial charge < -0.3 is 15.7 Å². The zero-order chi connectivity index (χ0) is 25.3. The summed E-state index contributed by atoms with van der Waals surface area (Å²) in [5, 5.41) is 9.23. The lowest BCUT2D eigenvalue weighted by Gasteiger charge is -2.43. The number of carboxylic acids is 1. The van der Waals surface area contributed by atoms with E-state index in [0.717, 1.165) is 16.7 Å². The van der Waals surface area contributed by atoms with Crippen molar-refractivity contribution in [1.29, 1.82) is 0 Å². The zero-order valence-corrected chi connectivity index (χ0v) is 19.5. The summed E-state index contributed by atoms with van der Waals surface area (Å²) in [6.07, 6.45) is -0.470. The molecule has 2 amide bonds. The van der Waals surface area contributed by atoms with Crippen LogP contribution in [-0.4, -0.2) is 39.6 Å². The van der Waals surface area contributed by atoms with E-state index >= 15 is 0 Å². The number of hydrogen-bond acceptors (Lipinski definition) is 4. The summed E-state index contributed by atoms with van der Waals surface area (Å²) in [5.41, 5.74) is 8.20. The SMILES string of the molecule is CC(C)(c1ccccc1)N(C(=O)c1ccc2c(c1)C(=O)c1ccccc1-2)[C@@H](CCC(=O)O)C(N)=O. The molecule has 0 unspecified atom stereocenters. The summed E-state index contributed by atoms with van der Waals surface area (Å²) in [4.78, 5) is 52.2. The molecule has 0 saturated heterocycles. The number of fused-ring (bicyclic) bond motifs is 3. The number of primary amides is 1. The first kappa shape index (κ1) is 23.9. The molecule has 7 nitrogen and oxygen atoms in total. The van der Waals surface area contributed by atoms with Gasteiger partial charge in [-0.3, -0.25) is 19.2 Å². The largest absolute Gasteiger partial charge is 0.481 e. The van der Waals surface area contributed by atoms with Crippen LogP contribution < -0.4 is 5.73 Å². The van der Waals surface area contributed by atoms with Gasteiger partial charge in [0, 0.05) is 23.1 Å². The molecule has 1 aliphatic carbocycles. The second-order valence-electron chi connectivity index (χ2n) is 9.09. The van der Waals surface area contributed by atoms with Crippen LogP contribution in [0.15, 0.2) is 72.8 Å². The Morgan fingerprint density at radius 3 is 2.11 bits per heavy atom. The molecule has 7 heteroatoms. The molecule has 4 rings (SSSR count). The van der Waals surface area contributed by atoms with Crippen LogP contribution in [0.25, 0.3) is 11.1 Å². The van der Waals surface area contributed by atoms with Crippen molar-refractivity contribution in [3.05, 3.63) is 95.1 Å². The monoisotopic (exact) mass is 470 g/mol. The van der Waals surface area contributed by atoms with Crippen LogP contribution in [-0.2, 0) is 15.1 Å². The molecule has 0 spiro atoms. The maximum atomic E-state index is 14.0. The summed E-state index contributed by atoms with van der Waals surface area (Å²) in [5.74, 6) is -2.58. The highest BCUT2D eigenvalue weighted by atomic mass is 16.4. The second kappa shape index (κ2) is 9.18. The van der Waals surface area contributed by atoms with Gasteiger partial charge in [-0.25, -0.2) is 0 Å². The van der Waals surface area contributed by atoms with Crippen molar-refractivity contribution in [2.75, 3.05) is 0 Å². The van der Waals surface area contributed by atoms with Gasteiger partial charge in [-0.1, -0.05) is 60.7 Å². The van der Waals surface area contributed by atoms with Crippen molar-refractivity contribution in [3.63, 3.8) is 0 Å². The third-order valence-electron chi connectivity index (χ3n) is 6.55. The normalized spacial score (nSPS) is 13.0. The number of ketones is 1. The fourth-order valence-electron chi connectivity index (χ4n) is 4.73. The van der Waals surface area contributed by atoms with Crippen molar-refractivity contribution in [2.45, 2.75) is 38.3 Å². The first-order valence-corrected chi connectivity index (χ1v) is 11.3. The lowest BCUT2D eigenvalue weighted by molar-refractivity contribution is -0.137. The minimum absolute atomic E-state index is 0.137. The van der Waals surface area contributed by atoms with Crippen molar-refractivity contribution < 1.29 is 24.3 Å². The molecule has 0 aromatic heterocycles. The van der Waals surface area contributed by atoms with Gasteiger partial charge in [-0.15, -0.1) is 0 Å². The average molecular weight is 471 g/mol. The quantitative estimate of drug-likeness (QED) is 0.404. The van der Waals surface area contributed by atoms with Crippen LogP contribution >= 0.6 is 0 Å². The third kappa shape index (κ3) is 4.33. The lowest BCUT2D eigenvalue weighted by Crippen LogP contribution is -2.56. The van der Waals surface area contributed by atoms with Crippen molar-refractivity contribution in [1.82, 2.24) is 4.90 Å². The van der Waals surface area contributed by atoms with Gasteiger partial charge in [0.2, 0.25) is 5.91 Å². The predicted octanol–water partition coefficient (Wildman–Crippen LogP) is 3.99. The van der Waals surface area contributed by atoms with E-state index < -0.39 is 29.4 Å². The highest BCUT2D eigenvalue weighted by Crippen LogP contribution is 2.38. The van der Waals surface area contributed by atoms with E-state index in [1.54, 1.807) is 44.2 Å². The number of hydrogen-bond donors (Lipinski definition) is 2. The van der Waals surface area contributed by atoms with E-state index in [2.05, 4.69) is 0 Å². The Morgan fingerprint density at radius 2 is 1.49 bits per heavy atom. The van der Waals surface area contributed by atoms with E-state index in [9.17, 15) is 24.3 Å². The maximum Gasteiger partial charge on any atom is 0.303 e. The third-order valence-corrected chi connectivity index (χ3v) is 6.55. The Hall–Kier alpha value is -4.26. The molecule has 178 valence electrons. The fraction of sp³-hybridized carbons (Fsp3) is 0.214. The van der Waals surface area contributed by atoms with Crippen molar-refractivity contribution in [3.8, 4) is 11.1 Å². The smallest absolute Gasteiger partial charge is 0.303 e.